The highest BCUT2D eigenvalue weighted by Gasteiger charge is 2.04. The van der Waals surface area contributed by atoms with E-state index < -0.39 is 0 Å². The summed E-state index contributed by atoms with van der Waals surface area (Å²) in [6.45, 7) is 5.68. The fraction of sp³-hybridized carbons (Fsp3) is 0.333. The number of benzene rings is 1. The van der Waals surface area contributed by atoms with Gasteiger partial charge in [-0.25, -0.2) is 4.99 Å². The van der Waals surface area contributed by atoms with Gasteiger partial charge in [-0.15, -0.1) is 11.3 Å². The predicted octanol–water partition coefficient (Wildman–Crippen LogP) is 3.00. The Kier molecular flexibility index (Phi) is 7.29. The highest BCUT2D eigenvalue weighted by atomic mass is 32.1. The third kappa shape index (κ3) is 6.04. The molecule has 1 amide bonds. The third-order valence-electron chi connectivity index (χ3n) is 3.28. The zero-order valence-electron chi connectivity index (χ0n) is 14.1. The summed E-state index contributed by atoms with van der Waals surface area (Å²) in [5.74, 6) is 0.509. The Labute approximate surface area is 147 Å². The van der Waals surface area contributed by atoms with E-state index in [2.05, 4.69) is 40.0 Å². The number of carbonyl (C=O) groups excluding carboxylic acids is 1. The summed E-state index contributed by atoms with van der Waals surface area (Å²) >= 11 is 1.79. The van der Waals surface area contributed by atoms with Crippen LogP contribution in [0.15, 0.2) is 47.5 Å². The molecule has 0 bridgehead atoms. The van der Waals surface area contributed by atoms with Crippen molar-refractivity contribution in [1.82, 2.24) is 10.6 Å². The van der Waals surface area contributed by atoms with Crippen molar-refractivity contribution in [3.63, 3.8) is 0 Å². The number of nitrogens with one attached hydrogen (secondary N) is 3. The predicted molar refractivity (Wildman–Crippen MR) is 102 cm³/mol. The molecule has 0 spiro atoms. The van der Waals surface area contributed by atoms with Gasteiger partial charge in [-0.05, 0) is 37.6 Å². The van der Waals surface area contributed by atoms with Crippen LogP contribution in [0.3, 0.4) is 0 Å². The molecule has 1 aromatic carbocycles. The topological polar surface area (TPSA) is 65.5 Å². The first kappa shape index (κ1) is 18.0. The van der Waals surface area contributed by atoms with Crippen molar-refractivity contribution in [3.8, 4) is 0 Å². The lowest BCUT2D eigenvalue weighted by atomic mass is 10.3. The molecule has 24 heavy (non-hydrogen) atoms. The number of hydrogen-bond donors (Lipinski definition) is 3. The van der Waals surface area contributed by atoms with Crippen LogP contribution >= 0.6 is 11.3 Å². The highest BCUT2D eigenvalue weighted by Crippen LogP contribution is 2.16. The van der Waals surface area contributed by atoms with Crippen LogP contribution in [0.5, 0.6) is 0 Å². The minimum atomic E-state index is -0.136. The van der Waals surface area contributed by atoms with Gasteiger partial charge in [0, 0.05) is 22.0 Å². The number of guanidine groups is 1. The molecule has 3 N–H and O–H groups in total. The van der Waals surface area contributed by atoms with Gasteiger partial charge in [0.25, 0.3) is 0 Å². The SMILES string of the molecule is CCNC(=NCC(=O)Nc1ccccc1)NCc1ccc(CC)s1. The smallest absolute Gasteiger partial charge is 0.246 e. The zero-order valence-corrected chi connectivity index (χ0v) is 15.0. The van der Waals surface area contributed by atoms with Crippen LogP contribution in [0.4, 0.5) is 5.69 Å². The molecule has 2 rings (SSSR count). The second kappa shape index (κ2) is 9.72. The maximum absolute atomic E-state index is 12.0. The molecule has 0 radical (unpaired) electrons. The van der Waals surface area contributed by atoms with Gasteiger partial charge in [0.05, 0.1) is 6.54 Å². The van der Waals surface area contributed by atoms with Crippen molar-refractivity contribution < 1.29 is 4.79 Å². The molecule has 128 valence electrons. The summed E-state index contributed by atoms with van der Waals surface area (Å²) in [5, 5.41) is 9.24. The lowest BCUT2D eigenvalue weighted by Crippen LogP contribution is -2.37. The number of carbonyl (C=O) groups is 1. The number of aryl methyl sites for hydroxylation is 1. The molecule has 5 nitrogen and oxygen atoms in total. The molecule has 0 atom stereocenters. The minimum absolute atomic E-state index is 0.0783. The molecule has 0 unspecified atom stereocenters. The summed E-state index contributed by atoms with van der Waals surface area (Å²) in [6.07, 6.45) is 1.05. The number of amides is 1. The second-order valence-corrected chi connectivity index (χ2v) is 6.44. The fourth-order valence-electron chi connectivity index (χ4n) is 2.09. The summed E-state index contributed by atoms with van der Waals surface area (Å²) in [5.41, 5.74) is 0.779. The fourth-order valence-corrected chi connectivity index (χ4v) is 2.99. The Balaban J connectivity index is 1.86. The first-order valence-electron chi connectivity index (χ1n) is 8.16. The van der Waals surface area contributed by atoms with Crippen molar-refractivity contribution in [2.75, 3.05) is 18.4 Å². The molecule has 2 aromatic rings. The summed E-state index contributed by atoms with van der Waals surface area (Å²) in [6, 6.07) is 13.7. The summed E-state index contributed by atoms with van der Waals surface area (Å²) in [7, 11) is 0. The van der Waals surface area contributed by atoms with Crippen LogP contribution < -0.4 is 16.0 Å². The number of aliphatic imine (C=N–C) groups is 1. The minimum Gasteiger partial charge on any atom is -0.357 e. The van der Waals surface area contributed by atoms with Crippen LogP contribution in [-0.4, -0.2) is 25.0 Å². The van der Waals surface area contributed by atoms with E-state index in [1.54, 1.807) is 11.3 Å². The van der Waals surface area contributed by atoms with Crippen molar-refractivity contribution in [2.24, 2.45) is 4.99 Å². The molecular weight excluding hydrogens is 320 g/mol. The van der Waals surface area contributed by atoms with Crippen LogP contribution in [0, 0.1) is 0 Å². The van der Waals surface area contributed by atoms with Gasteiger partial charge in [-0.1, -0.05) is 25.1 Å². The molecule has 0 aliphatic rings. The molecule has 0 fully saturated rings. The molecule has 0 aliphatic carbocycles. The van der Waals surface area contributed by atoms with Gasteiger partial charge in [-0.2, -0.15) is 0 Å². The molecular formula is C18H24N4OS. The van der Waals surface area contributed by atoms with E-state index in [1.807, 2.05) is 37.3 Å². The van der Waals surface area contributed by atoms with E-state index in [0.29, 0.717) is 12.5 Å². The molecule has 0 saturated carbocycles. The lowest BCUT2D eigenvalue weighted by molar-refractivity contribution is -0.114. The Morgan fingerprint density at radius 2 is 1.79 bits per heavy atom. The van der Waals surface area contributed by atoms with Crippen molar-refractivity contribution in [1.29, 1.82) is 0 Å². The monoisotopic (exact) mass is 344 g/mol. The van der Waals surface area contributed by atoms with Crippen LogP contribution in [0.1, 0.15) is 23.6 Å². The standard InChI is InChI=1S/C18H24N4OS/c1-3-15-10-11-16(24-15)12-20-18(19-4-2)21-13-17(23)22-14-8-6-5-7-9-14/h5-11H,3-4,12-13H2,1-2H3,(H,22,23)(H2,19,20,21). The van der Waals surface area contributed by atoms with E-state index >= 15 is 0 Å². The van der Waals surface area contributed by atoms with Gasteiger partial charge >= 0.3 is 0 Å². The average molecular weight is 344 g/mol. The maximum atomic E-state index is 12.0. The third-order valence-corrected chi connectivity index (χ3v) is 4.51. The molecule has 0 saturated heterocycles. The number of nitrogens with zero attached hydrogens (tertiary/aromatic N) is 1. The van der Waals surface area contributed by atoms with Crippen LogP contribution in [-0.2, 0) is 17.8 Å². The Bertz CT molecular complexity index is 667. The lowest BCUT2D eigenvalue weighted by Gasteiger charge is -2.10. The van der Waals surface area contributed by atoms with Crippen molar-refractivity contribution in [3.05, 3.63) is 52.2 Å². The van der Waals surface area contributed by atoms with E-state index in [9.17, 15) is 4.79 Å². The number of para-hydroxylation sites is 1. The van der Waals surface area contributed by atoms with Gasteiger partial charge in [0.1, 0.15) is 6.54 Å². The Morgan fingerprint density at radius 3 is 2.46 bits per heavy atom. The quantitative estimate of drug-likeness (QED) is 0.534. The van der Waals surface area contributed by atoms with Crippen molar-refractivity contribution >= 4 is 28.9 Å². The van der Waals surface area contributed by atoms with Gasteiger partial charge in [-0.3, -0.25) is 4.79 Å². The number of hydrogen-bond acceptors (Lipinski definition) is 3. The van der Waals surface area contributed by atoms with Crippen molar-refractivity contribution in [2.45, 2.75) is 26.8 Å². The zero-order chi connectivity index (χ0) is 17.2. The van der Waals surface area contributed by atoms with Gasteiger partial charge < -0.3 is 16.0 Å². The van der Waals surface area contributed by atoms with E-state index in [0.717, 1.165) is 18.7 Å². The largest absolute Gasteiger partial charge is 0.357 e. The van der Waals surface area contributed by atoms with Gasteiger partial charge in [0.2, 0.25) is 5.91 Å². The molecule has 1 heterocycles. The van der Waals surface area contributed by atoms with E-state index in [1.165, 1.54) is 9.75 Å². The van der Waals surface area contributed by atoms with E-state index in [-0.39, 0.29) is 12.5 Å². The number of anilines is 1. The summed E-state index contributed by atoms with van der Waals surface area (Å²) in [4.78, 5) is 18.9. The summed E-state index contributed by atoms with van der Waals surface area (Å²) < 4.78 is 0. The number of thiophene rings is 1. The molecule has 6 heteroatoms. The molecule has 1 aromatic heterocycles. The Hall–Kier alpha value is -2.34. The number of rotatable bonds is 7. The Morgan fingerprint density at radius 1 is 1.04 bits per heavy atom. The first-order valence-corrected chi connectivity index (χ1v) is 8.97. The van der Waals surface area contributed by atoms with E-state index in [4.69, 9.17) is 0 Å². The van der Waals surface area contributed by atoms with Gasteiger partial charge in [0.15, 0.2) is 5.96 Å². The highest BCUT2D eigenvalue weighted by molar-refractivity contribution is 7.11. The molecule has 0 aliphatic heterocycles. The van der Waals surface area contributed by atoms with Crippen LogP contribution in [0.25, 0.3) is 0 Å². The maximum Gasteiger partial charge on any atom is 0.246 e. The van der Waals surface area contributed by atoms with Crippen LogP contribution in [0.2, 0.25) is 0 Å². The second-order valence-electron chi connectivity index (χ2n) is 5.18. The average Bonchev–Trinajstić information content (AvgIpc) is 3.06. The first-order chi connectivity index (χ1) is 11.7. The normalized spacial score (nSPS) is 11.2.